The van der Waals surface area contributed by atoms with Crippen molar-refractivity contribution >= 4 is 29.7 Å². The third-order valence-corrected chi connectivity index (χ3v) is 4.10. The van der Waals surface area contributed by atoms with Crippen molar-refractivity contribution in [3.8, 4) is 0 Å². The second-order valence-electron chi connectivity index (χ2n) is 4.65. The van der Waals surface area contributed by atoms with Crippen LogP contribution in [0.2, 0.25) is 0 Å². The first-order valence-corrected chi connectivity index (χ1v) is 7.34. The van der Waals surface area contributed by atoms with E-state index in [-0.39, 0.29) is 24.2 Å². The molecular formula is C13H21ClN2O2S. The fraction of sp³-hybridized carbons (Fsp3) is 0.615. The van der Waals surface area contributed by atoms with Crippen LogP contribution in [0.4, 0.5) is 0 Å². The molecule has 2 heterocycles. The maximum Gasteiger partial charge on any atom is 0.237 e. The highest BCUT2D eigenvalue weighted by Crippen LogP contribution is 2.17. The van der Waals surface area contributed by atoms with E-state index in [9.17, 15) is 4.79 Å². The summed E-state index contributed by atoms with van der Waals surface area (Å²) in [6, 6.07) is 1.69. The lowest BCUT2D eigenvalue weighted by atomic mass is 9.92. The molecule has 1 aliphatic heterocycles. The number of halogens is 1. The zero-order valence-electron chi connectivity index (χ0n) is 10.8. The Bertz CT molecular complexity index is 367. The summed E-state index contributed by atoms with van der Waals surface area (Å²) in [5.74, 6) is 0.233. The second-order valence-corrected chi connectivity index (χ2v) is 5.43. The predicted octanol–water partition coefficient (Wildman–Crippen LogP) is 1.58. The minimum atomic E-state index is -0.392. The minimum Gasteiger partial charge on any atom is -0.381 e. The van der Waals surface area contributed by atoms with Crippen LogP contribution < -0.4 is 11.1 Å². The van der Waals surface area contributed by atoms with Crippen molar-refractivity contribution in [3.63, 3.8) is 0 Å². The number of carbonyl (C=O) groups is 1. The van der Waals surface area contributed by atoms with E-state index >= 15 is 0 Å². The SMILES string of the molecule is Cl.NC(C(=O)NCCc1ccsc1)C1CCOCC1. The molecule has 0 aromatic carbocycles. The van der Waals surface area contributed by atoms with Crippen molar-refractivity contribution in [3.05, 3.63) is 22.4 Å². The molecule has 4 nitrogen and oxygen atoms in total. The number of nitrogens with two attached hydrogens (primary N) is 1. The summed E-state index contributed by atoms with van der Waals surface area (Å²) in [5.41, 5.74) is 7.25. The molecule has 19 heavy (non-hydrogen) atoms. The zero-order valence-corrected chi connectivity index (χ0v) is 12.5. The van der Waals surface area contributed by atoms with E-state index in [2.05, 4.69) is 16.8 Å². The number of carbonyl (C=O) groups excluding carboxylic acids is 1. The quantitative estimate of drug-likeness (QED) is 0.868. The number of thiophene rings is 1. The maximum absolute atomic E-state index is 11.9. The molecule has 0 saturated carbocycles. The van der Waals surface area contributed by atoms with Gasteiger partial charge in [-0.3, -0.25) is 4.79 Å². The van der Waals surface area contributed by atoms with Gasteiger partial charge in [0, 0.05) is 19.8 Å². The molecule has 0 bridgehead atoms. The Labute approximate surface area is 124 Å². The van der Waals surface area contributed by atoms with Crippen LogP contribution in [-0.4, -0.2) is 31.7 Å². The number of rotatable bonds is 5. The van der Waals surface area contributed by atoms with Gasteiger partial charge < -0.3 is 15.8 Å². The van der Waals surface area contributed by atoms with E-state index in [1.54, 1.807) is 11.3 Å². The largest absolute Gasteiger partial charge is 0.381 e. The van der Waals surface area contributed by atoms with Gasteiger partial charge in [0.05, 0.1) is 6.04 Å². The van der Waals surface area contributed by atoms with Crippen LogP contribution in [0.1, 0.15) is 18.4 Å². The van der Waals surface area contributed by atoms with Gasteiger partial charge in [-0.2, -0.15) is 11.3 Å². The van der Waals surface area contributed by atoms with Gasteiger partial charge in [-0.25, -0.2) is 0 Å². The van der Waals surface area contributed by atoms with Gasteiger partial charge in [0.2, 0.25) is 5.91 Å². The Morgan fingerprint density at radius 3 is 2.89 bits per heavy atom. The van der Waals surface area contributed by atoms with Gasteiger partial charge in [-0.15, -0.1) is 12.4 Å². The summed E-state index contributed by atoms with van der Waals surface area (Å²) in [7, 11) is 0. The molecule has 1 atom stereocenters. The molecule has 1 saturated heterocycles. The number of amides is 1. The Morgan fingerprint density at radius 1 is 1.53 bits per heavy atom. The summed E-state index contributed by atoms with van der Waals surface area (Å²) < 4.78 is 5.27. The minimum absolute atomic E-state index is 0. The lowest BCUT2D eigenvalue weighted by Crippen LogP contribution is -2.47. The third kappa shape index (κ3) is 5.10. The van der Waals surface area contributed by atoms with Crippen LogP contribution in [0.5, 0.6) is 0 Å². The van der Waals surface area contributed by atoms with Gasteiger partial charge in [0.25, 0.3) is 0 Å². The average Bonchev–Trinajstić information content (AvgIpc) is 2.92. The summed E-state index contributed by atoms with van der Waals surface area (Å²) in [4.78, 5) is 11.9. The summed E-state index contributed by atoms with van der Waals surface area (Å²) in [6.45, 7) is 2.10. The van der Waals surface area contributed by atoms with Gasteiger partial charge in [0.1, 0.15) is 0 Å². The Kier molecular flexibility index (Phi) is 7.38. The van der Waals surface area contributed by atoms with Crippen LogP contribution >= 0.6 is 23.7 Å². The smallest absolute Gasteiger partial charge is 0.237 e. The molecule has 1 amide bonds. The first-order chi connectivity index (χ1) is 8.77. The number of hydrogen-bond acceptors (Lipinski definition) is 4. The highest BCUT2D eigenvalue weighted by atomic mass is 35.5. The molecule has 108 valence electrons. The Hall–Kier alpha value is -0.620. The molecule has 1 aromatic heterocycles. The number of nitrogens with one attached hydrogen (secondary N) is 1. The molecule has 0 radical (unpaired) electrons. The molecule has 0 spiro atoms. The van der Waals surface area contributed by atoms with E-state index in [1.807, 2.05) is 5.38 Å². The Balaban J connectivity index is 0.00000180. The van der Waals surface area contributed by atoms with Crippen molar-refractivity contribution in [1.29, 1.82) is 0 Å². The van der Waals surface area contributed by atoms with Crippen LogP contribution in [0.15, 0.2) is 16.8 Å². The van der Waals surface area contributed by atoms with Crippen molar-refractivity contribution in [1.82, 2.24) is 5.32 Å². The molecule has 3 N–H and O–H groups in total. The normalized spacial score (nSPS) is 17.5. The van der Waals surface area contributed by atoms with Gasteiger partial charge in [0.15, 0.2) is 0 Å². The van der Waals surface area contributed by atoms with Gasteiger partial charge in [-0.05, 0) is 47.6 Å². The molecule has 1 aromatic rings. The number of ether oxygens (including phenoxy) is 1. The molecule has 2 rings (SSSR count). The highest BCUT2D eigenvalue weighted by Gasteiger charge is 2.26. The lowest BCUT2D eigenvalue weighted by Gasteiger charge is -2.26. The molecule has 0 aliphatic carbocycles. The van der Waals surface area contributed by atoms with E-state index in [1.165, 1.54) is 5.56 Å². The Morgan fingerprint density at radius 2 is 2.26 bits per heavy atom. The summed E-state index contributed by atoms with van der Waals surface area (Å²) >= 11 is 1.68. The van der Waals surface area contributed by atoms with E-state index in [0.717, 1.165) is 32.5 Å². The van der Waals surface area contributed by atoms with E-state index < -0.39 is 6.04 Å². The van der Waals surface area contributed by atoms with Crippen LogP contribution in [-0.2, 0) is 16.0 Å². The molecule has 1 unspecified atom stereocenters. The van der Waals surface area contributed by atoms with Crippen LogP contribution in [0.25, 0.3) is 0 Å². The summed E-state index contributed by atoms with van der Waals surface area (Å²) in [5, 5.41) is 7.07. The first-order valence-electron chi connectivity index (χ1n) is 6.39. The predicted molar refractivity (Wildman–Crippen MR) is 79.8 cm³/mol. The number of hydrogen-bond donors (Lipinski definition) is 2. The maximum atomic E-state index is 11.9. The standard InChI is InChI=1S/C13H20N2O2S.ClH/c14-12(11-2-6-17-7-3-11)13(16)15-5-1-10-4-8-18-9-10;/h4,8-9,11-12H,1-3,5-7,14H2,(H,15,16);1H. The topological polar surface area (TPSA) is 64.4 Å². The van der Waals surface area contributed by atoms with E-state index in [4.69, 9.17) is 10.5 Å². The molecule has 1 fully saturated rings. The fourth-order valence-electron chi connectivity index (χ4n) is 2.17. The molecule has 1 aliphatic rings. The highest BCUT2D eigenvalue weighted by molar-refractivity contribution is 7.07. The van der Waals surface area contributed by atoms with Gasteiger partial charge >= 0.3 is 0 Å². The second kappa shape index (κ2) is 8.53. The van der Waals surface area contributed by atoms with Crippen LogP contribution in [0, 0.1) is 5.92 Å². The van der Waals surface area contributed by atoms with E-state index in [0.29, 0.717) is 6.54 Å². The fourth-order valence-corrected chi connectivity index (χ4v) is 2.87. The van der Waals surface area contributed by atoms with Gasteiger partial charge in [-0.1, -0.05) is 0 Å². The lowest BCUT2D eigenvalue weighted by molar-refractivity contribution is -0.124. The van der Waals surface area contributed by atoms with Crippen LogP contribution in [0.3, 0.4) is 0 Å². The first kappa shape index (κ1) is 16.4. The average molecular weight is 305 g/mol. The van der Waals surface area contributed by atoms with Crippen molar-refractivity contribution in [2.75, 3.05) is 19.8 Å². The third-order valence-electron chi connectivity index (χ3n) is 3.37. The monoisotopic (exact) mass is 304 g/mol. The zero-order chi connectivity index (χ0) is 12.8. The summed E-state index contributed by atoms with van der Waals surface area (Å²) in [6.07, 6.45) is 2.65. The van der Waals surface area contributed by atoms with Crippen molar-refractivity contribution < 1.29 is 9.53 Å². The molecule has 6 heteroatoms. The molecular weight excluding hydrogens is 284 g/mol. The van der Waals surface area contributed by atoms with Crippen molar-refractivity contribution in [2.45, 2.75) is 25.3 Å². The van der Waals surface area contributed by atoms with Crippen molar-refractivity contribution in [2.24, 2.45) is 11.7 Å².